The standard InChI is InChI=1S/C26H36ClNO3/c1-8-21(24(30)28-20-13-11-12-19(27)23(20)29)31-22-15-14-17(25(4,5)9-2)16-18(22)26(6,7)10-3/h11-16,21,29H,8-10H2,1-7H3,(H,28,30). The van der Waals surface area contributed by atoms with Gasteiger partial charge in [0.1, 0.15) is 5.75 Å². The largest absolute Gasteiger partial charge is 0.504 e. The fourth-order valence-corrected chi connectivity index (χ4v) is 3.46. The molecule has 170 valence electrons. The van der Waals surface area contributed by atoms with Gasteiger partial charge in [0.25, 0.3) is 5.91 Å². The Morgan fingerprint density at radius 2 is 1.71 bits per heavy atom. The number of para-hydroxylation sites is 1. The molecule has 4 nitrogen and oxygen atoms in total. The number of phenolic OH excluding ortho intramolecular Hbond substituents is 1. The molecule has 0 saturated heterocycles. The molecule has 0 saturated carbocycles. The summed E-state index contributed by atoms with van der Waals surface area (Å²) in [5.74, 6) is 0.254. The van der Waals surface area contributed by atoms with Gasteiger partial charge in [0, 0.05) is 5.56 Å². The van der Waals surface area contributed by atoms with E-state index in [9.17, 15) is 9.90 Å². The highest BCUT2D eigenvalue weighted by Gasteiger charge is 2.29. The predicted molar refractivity (Wildman–Crippen MR) is 130 cm³/mol. The number of rotatable bonds is 9. The molecular weight excluding hydrogens is 410 g/mol. The van der Waals surface area contributed by atoms with Crippen molar-refractivity contribution in [3.8, 4) is 11.5 Å². The van der Waals surface area contributed by atoms with E-state index in [0.29, 0.717) is 6.42 Å². The summed E-state index contributed by atoms with van der Waals surface area (Å²) in [5.41, 5.74) is 2.59. The lowest BCUT2D eigenvalue weighted by Gasteiger charge is -2.31. The number of phenols is 1. The summed E-state index contributed by atoms with van der Waals surface area (Å²) < 4.78 is 6.26. The summed E-state index contributed by atoms with van der Waals surface area (Å²) in [6.07, 6.45) is 1.76. The van der Waals surface area contributed by atoms with Crippen LogP contribution in [0.25, 0.3) is 0 Å². The Hall–Kier alpha value is -2.20. The quantitative estimate of drug-likeness (QED) is 0.400. The highest BCUT2D eigenvalue weighted by molar-refractivity contribution is 6.32. The SMILES string of the molecule is CCC(Oc1ccc(C(C)(C)CC)cc1C(C)(C)CC)C(=O)Nc1cccc(Cl)c1O. The molecule has 0 heterocycles. The van der Waals surface area contributed by atoms with E-state index in [1.165, 1.54) is 5.56 Å². The molecule has 2 aromatic carbocycles. The fraction of sp³-hybridized carbons (Fsp3) is 0.500. The third-order valence-corrected chi connectivity index (χ3v) is 6.74. The average molecular weight is 446 g/mol. The number of benzene rings is 2. The Kier molecular flexibility index (Phi) is 8.04. The van der Waals surface area contributed by atoms with Crippen LogP contribution in [0.2, 0.25) is 5.02 Å². The number of amides is 1. The number of anilines is 1. The van der Waals surface area contributed by atoms with Crippen LogP contribution >= 0.6 is 11.6 Å². The molecule has 0 fully saturated rings. The number of carbonyl (C=O) groups is 1. The third kappa shape index (κ3) is 5.74. The van der Waals surface area contributed by atoms with Gasteiger partial charge in [-0.1, -0.05) is 78.3 Å². The van der Waals surface area contributed by atoms with Gasteiger partial charge in [0.05, 0.1) is 10.7 Å². The van der Waals surface area contributed by atoms with Gasteiger partial charge in [-0.05, 0) is 53.9 Å². The average Bonchev–Trinajstić information content (AvgIpc) is 2.74. The number of carbonyl (C=O) groups excluding carboxylic acids is 1. The summed E-state index contributed by atoms with van der Waals surface area (Å²) in [4.78, 5) is 12.9. The van der Waals surface area contributed by atoms with Crippen LogP contribution in [-0.2, 0) is 15.6 Å². The van der Waals surface area contributed by atoms with Gasteiger partial charge in [0.15, 0.2) is 11.9 Å². The van der Waals surface area contributed by atoms with Crippen LogP contribution in [0.3, 0.4) is 0 Å². The first-order valence-electron chi connectivity index (χ1n) is 11.1. The minimum absolute atomic E-state index is 0.0583. The van der Waals surface area contributed by atoms with E-state index in [1.54, 1.807) is 18.2 Å². The van der Waals surface area contributed by atoms with E-state index in [0.717, 1.165) is 24.2 Å². The van der Waals surface area contributed by atoms with E-state index in [4.69, 9.17) is 16.3 Å². The van der Waals surface area contributed by atoms with E-state index >= 15 is 0 Å². The first-order valence-corrected chi connectivity index (χ1v) is 11.4. The van der Waals surface area contributed by atoms with Crippen LogP contribution in [-0.4, -0.2) is 17.1 Å². The fourth-order valence-electron chi connectivity index (χ4n) is 3.28. The molecule has 5 heteroatoms. The van der Waals surface area contributed by atoms with Gasteiger partial charge in [-0.15, -0.1) is 0 Å². The molecule has 31 heavy (non-hydrogen) atoms. The molecule has 2 aromatic rings. The number of hydrogen-bond acceptors (Lipinski definition) is 3. The maximum Gasteiger partial charge on any atom is 0.265 e. The zero-order valence-electron chi connectivity index (χ0n) is 19.8. The predicted octanol–water partition coefficient (Wildman–Crippen LogP) is 7.22. The lowest BCUT2D eigenvalue weighted by atomic mass is 9.76. The number of ether oxygens (including phenoxy) is 1. The Morgan fingerprint density at radius 1 is 1.06 bits per heavy atom. The minimum Gasteiger partial charge on any atom is -0.504 e. The van der Waals surface area contributed by atoms with Crippen LogP contribution in [0.1, 0.15) is 78.9 Å². The molecule has 0 radical (unpaired) electrons. The van der Waals surface area contributed by atoms with Gasteiger partial charge in [-0.25, -0.2) is 0 Å². The Labute approximate surface area is 192 Å². The Balaban J connectivity index is 2.37. The summed E-state index contributed by atoms with van der Waals surface area (Å²) in [7, 11) is 0. The maximum atomic E-state index is 12.9. The zero-order chi connectivity index (χ0) is 23.4. The molecule has 0 bridgehead atoms. The summed E-state index contributed by atoms with van der Waals surface area (Å²) in [6.45, 7) is 15.1. The van der Waals surface area contributed by atoms with Crippen LogP contribution in [0.4, 0.5) is 5.69 Å². The van der Waals surface area contributed by atoms with Gasteiger partial charge >= 0.3 is 0 Å². The second-order valence-electron chi connectivity index (χ2n) is 9.33. The maximum absolute atomic E-state index is 12.9. The molecule has 1 amide bonds. The van der Waals surface area contributed by atoms with Crippen molar-refractivity contribution in [2.45, 2.75) is 84.7 Å². The molecule has 1 unspecified atom stereocenters. The highest BCUT2D eigenvalue weighted by atomic mass is 35.5. The lowest BCUT2D eigenvalue weighted by molar-refractivity contribution is -0.122. The highest BCUT2D eigenvalue weighted by Crippen LogP contribution is 2.39. The minimum atomic E-state index is -0.699. The Bertz CT molecular complexity index is 921. The number of halogens is 1. The van der Waals surface area contributed by atoms with Crippen molar-refractivity contribution in [2.75, 3.05) is 5.32 Å². The zero-order valence-corrected chi connectivity index (χ0v) is 20.6. The van der Waals surface area contributed by atoms with Crippen molar-refractivity contribution < 1.29 is 14.6 Å². The number of nitrogens with one attached hydrogen (secondary N) is 1. The first kappa shape index (κ1) is 25.1. The van der Waals surface area contributed by atoms with Crippen molar-refractivity contribution in [1.29, 1.82) is 0 Å². The second-order valence-corrected chi connectivity index (χ2v) is 9.73. The molecule has 0 spiro atoms. The van der Waals surface area contributed by atoms with Crippen LogP contribution < -0.4 is 10.1 Å². The van der Waals surface area contributed by atoms with Crippen molar-refractivity contribution >= 4 is 23.2 Å². The number of hydrogen-bond donors (Lipinski definition) is 2. The van der Waals surface area contributed by atoms with Gasteiger partial charge < -0.3 is 15.2 Å². The molecular formula is C26H36ClNO3. The molecule has 0 aliphatic carbocycles. The van der Waals surface area contributed by atoms with Crippen molar-refractivity contribution in [3.63, 3.8) is 0 Å². The molecule has 1 atom stereocenters. The van der Waals surface area contributed by atoms with Crippen molar-refractivity contribution in [2.24, 2.45) is 0 Å². The van der Waals surface area contributed by atoms with Gasteiger partial charge in [-0.3, -0.25) is 4.79 Å². The Morgan fingerprint density at radius 3 is 2.29 bits per heavy atom. The third-order valence-electron chi connectivity index (χ3n) is 6.44. The molecule has 0 aromatic heterocycles. The molecule has 0 aliphatic heterocycles. The monoisotopic (exact) mass is 445 g/mol. The molecule has 0 aliphatic rings. The van der Waals surface area contributed by atoms with Crippen LogP contribution in [0.15, 0.2) is 36.4 Å². The summed E-state index contributed by atoms with van der Waals surface area (Å²) in [5, 5.41) is 13.0. The van der Waals surface area contributed by atoms with Crippen LogP contribution in [0, 0.1) is 0 Å². The second kappa shape index (κ2) is 9.95. The molecule has 2 rings (SSSR count). The summed E-state index contributed by atoms with van der Waals surface area (Å²) in [6, 6.07) is 11.2. The van der Waals surface area contributed by atoms with Gasteiger partial charge in [0.2, 0.25) is 0 Å². The van der Waals surface area contributed by atoms with E-state index in [1.807, 2.05) is 13.0 Å². The number of aromatic hydroxyl groups is 1. The first-order chi connectivity index (χ1) is 14.5. The van der Waals surface area contributed by atoms with E-state index < -0.39 is 6.10 Å². The van der Waals surface area contributed by atoms with E-state index in [2.05, 4.69) is 59.0 Å². The van der Waals surface area contributed by atoms with Gasteiger partial charge in [-0.2, -0.15) is 0 Å². The molecule has 2 N–H and O–H groups in total. The van der Waals surface area contributed by atoms with Crippen molar-refractivity contribution in [1.82, 2.24) is 0 Å². The van der Waals surface area contributed by atoms with Crippen LogP contribution in [0.5, 0.6) is 11.5 Å². The lowest BCUT2D eigenvalue weighted by Crippen LogP contribution is -2.33. The normalized spacial score (nSPS) is 13.0. The van der Waals surface area contributed by atoms with Crippen molar-refractivity contribution in [3.05, 3.63) is 52.5 Å². The van der Waals surface area contributed by atoms with E-state index in [-0.39, 0.29) is 33.2 Å². The topological polar surface area (TPSA) is 58.6 Å². The smallest absolute Gasteiger partial charge is 0.265 e. The summed E-state index contributed by atoms with van der Waals surface area (Å²) >= 11 is 5.96.